The van der Waals surface area contributed by atoms with Gasteiger partial charge in [0.2, 0.25) is 0 Å². The third kappa shape index (κ3) is 1.50. The van der Waals surface area contributed by atoms with Crippen molar-refractivity contribution in [1.82, 2.24) is 0 Å². The standard InChI is InChI=1S/C9H12O/c1-8-6-4-3-5-7-9(8)10-2/h3-8H,1-2H3. The van der Waals surface area contributed by atoms with Crippen molar-refractivity contribution in [3.63, 3.8) is 0 Å². The monoisotopic (exact) mass is 136 g/mol. The first-order valence-electron chi connectivity index (χ1n) is 3.43. The first-order valence-corrected chi connectivity index (χ1v) is 3.43. The molecule has 0 spiro atoms. The second kappa shape index (κ2) is 3.25. The molecule has 1 heteroatoms. The van der Waals surface area contributed by atoms with E-state index in [0.29, 0.717) is 5.92 Å². The molecule has 0 aromatic heterocycles. The summed E-state index contributed by atoms with van der Waals surface area (Å²) in [7, 11) is 1.70. The quantitative estimate of drug-likeness (QED) is 0.537. The van der Waals surface area contributed by atoms with E-state index < -0.39 is 0 Å². The van der Waals surface area contributed by atoms with E-state index in [1.165, 1.54) is 0 Å². The zero-order valence-electron chi connectivity index (χ0n) is 6.37. The number of ether oxygens (including phenoxy) is 1. The van der Waals surface area contributed by atoms with Crippen molar-refractivity contribution in [1.29, 1.82) is 0 Å². The summed E-state index contributed by atoms with van der Waals surface area (Å²) < 4.78 is 5.14. The fourth-order valence-corrected chi connectivity index (χ4v) is 0.946. The number of hydrogen-bond donors (Lipinski definition) is 0. The summed E-state index contributed by atoms with van der Waals surface area (Å²) in [5.41, 5.74) is 0. The van der Waals surface area contributed by atoms with Gasteiger partial charge in [-0.2, -0.15) is 0 Å². The Bertz CT molecular complexity index is 187. The van der Waals surface area contributed by atoms with Crippen LogP contribution in [0.15, 0.2) is 36.1 Å². The Morgan fingerprint density at radius 1 is 1.30 bits per heavy atom. The van der Waals surface area contributed by atoms with Crippen molar-refractivity contribution in [2.45, 2.75) is 6.92 Å². The summed E-state index contributed by atoms with van der Waals surface area (Å²) in [6.07, 6.45) is 10.1. The van der Waals surface area contributed by atoms with Gasteiger partial charge in [-0.25, -0.2) is 0 Å². The minimum Gasteiger partial charge on any atom is -0.500 e. The molecular formula is C9H12O. The summed E-state index contributed by atoms with van der Waals surface area (Å²) in [4.78, 5) is 0. The highest BCUT2D eigenvalue weighted by Gasteiger charge is 2.03. The van der Waals surface area contributed by atoms with E-state index in [-0.39, 0.29) is 0 Å². The molecule has 0 aromatic rings. The van der Waals surface area contributed by atoms with E-state index in [1.807, 2.05) is 24.3 Å². The van der Waals surface area contributed by atoms with Crippen molar-refractivity contribution in [2.75, 3.05) is 7.11 Å². The van der Waals surface area contributed by atoms with Gasteiger partial charge in [-0.15, -0.1) is 0 Å². The second-order valence-electron chi connectivity index (χ2n) is 2.33. The fraction of sp³-hybridized carbons (Fsp3) is 0.333. The average molecular weight is 136 g/mol. The van der Waals surface area contributed by atoms with Crippen molar-refractivity contribution in [3.05, 3.63) is 36.1 Å². The maximum atomic E-state index is 5.14. The van der Waals surface area contributed by atoms with Gasteiger partial charge in [-0.05, 0) is 6.08 Å². The topological polar surface area (TPSA) is 9.23 Å². The lowest BCUT2D eigenvalue weighted by Crippen LogP contribution is -1.96. The van der Waals surface area contributed by atoms with Crippen LogP contribution in [0.4, 0.5) is 0 Å². The Balaban J connectivity index is 2.77. The highest BCUT2D eigenvalue weighted by Crippen LogP contribution is 2.14. The summed E-state index contributed by atoms with van der Waals surface area (Å²) >= 11 is 0. The van der Waals surface area contributed by atoms with Gasteiger partial charge >= 0.3 is 0 Å². The molecule has 1 aliphatic carbocycles. The second-order valence-corrected chi connectivity index (χ2v) is 2.33. The van der Waals surface area contributed by atoms with E-state index in [0.717, 1.165) is 5.76 Å². The van der Waals surface area contributed by atoms with Crippen molar-refractivity contribution in [3.8, 4) is 0 Å². The Morgan fingerprint density at radius 2 is 2.10 bits per heavy atom. The van der Waals surface area contributed by atoms with Crippen LogP contribution in [0, 0.1) is 5.92 Å². The molecule has 0 N–H and O–H groups in total. The van der Waals surface area contributed by atoms with Crippen LogP contribution in [0.5, 0.6) is 0 Å². The number of hydrogen-bond acceptors (Lipinski definition) is 1. The molecule has 10 heavy (non-hydrogen) atoms. The Labute approximate surface area is 61.7 Å². The molecule has 0 bridgehead atoms. The molecule has 54 valence electrons. The minimum absolute atomic E-state index is 0.403. The molecule has 0 radical (unpaired) electrons. The molecule has 0 fully saturated rings. The lowest BCUT2D eigenvalue weighted by Gasteiger charge is -2.08. The van der Waals surface area contributed by atoms with Crippen LogP contribution < -0.4 is 0 Å². The lowest BCUT2D eigenvalue weighted by molar-refractivity contribution is 0.262. The molecule has 1 atom stereocenters. The Kier molecular flexibility index (Phi) is 2.32. The Hall–Kier alpha value is -0.980. The third-order valence-corrected chi connectivity index (χ3v) is 1.57. The maximum Gasteiger partial charge on any atom is 0.102 e. The van der Waals surface area contributed by atoms with Gasteiger partial charge in [0, 0.05) is 5.92 Å². The molecule has 0 aliphatic heterocycles. The zero-order valence-corrected chi connectivity index (χ0v) is 6.37. The summed E-state index contributed by atoms with van der Waals surface area (Å²) in [5.74, 6) is 1.42. The van der Waals surface area contributed by atoms with Crippen LogP contribution in [0.3, 0.4) is 0 Å². The molecule has 1 aliphatic rings. The lowest BCUT2D eigenvalue weighted by atomic mass is 10.1. The fourth-order valence-electron chi connectivity index (χ4n) is 0.946. The molecule has 0 saturated carbocycles. The largest absolute Gasteiger partial charge is 0.500 e. The SMILES string of the molecule is COC1=CC=CC=CC1C. The first-order chi connectivity index (χ1) is 4.84. The van der Waals surface area contributed by atoms with Gasteiger partial charge in [0.15, 0.2) is 0 Å². The van der Waals surface area contributed by atoms with Crippen LogP contribution in [-0.4, -0.2) is 7.11 Å². The first kappa shape index (κ1) is 7.13. The molecule has 0 heterocycles. The zero-order chi connectivity index (χ0) is 7.40. The van der Waals surface area contributed by atoms with Crippen LogP contribution >= 0.6 is 0 Å². The van der Waals surface area contributed by atoms with Gasteiger partial charge in [-0.3, -0.25) is 0 Å². The molecule has 1 rings (SSSR count). The van der Waals surface area contributed by atoms with E-state index in [1.54, 1.807) is 7.11 Å². The number of allylic oxidation sites excluding steroid dienone is 5. The van der Waals surface area contributed by atoms with Crippen LogP contribution in [-0.2, 0) is 4.74 Å². The van der Waals surface area contributed by atoms with E-state index in [9.17, 15) is 0 Å². The van der Waals surface area contributed by atoms with E-state index >= 15 is 0 Å². The third-order valence-electron chi connectivity index (χ3n) is 1.57. The van der Waals surface area contributed by atoms with Crippen LogP contribution in [0.1, 0.15) is 6.92 Å². The van der Waals surface area contributed by atoms with Crippen molar-refractivity contribution in [2.24, 2.45) is 5.92 Å². The Morgan fingerprint density at radius 3 is 2.80 bits per heavy atom. The summed E-state index contributed by atoms with van der Waals surface area (Å²) in [5, 5.41) is 0. The molecule has 1 nitrogen and oxygen atoms in total. The van der Waals surface area contributed by atoms with Gasteiger partial charge in [0.25, 0.3) is 0 Å². The molecule has 0 amide bonds. The maximum absolute atomic E-state index is 5.14. The molecule has 1 unspecified atom stereocenters. The van der Waals surface area contributed by atoms with Crippen LogP contribution in [0.2, 0.25) is 0 Å². The average Bonchev–Trinajstić information content (AvgIpc) is 2.13. The normalized spacial score (nSPS) is 23.8. The van der Waals surface area contributed by atoms with E-state index in [4.69, 9.17) is 4.74 Å². The van der Waals surface area contributed by atoms with E-state index in [2.05, 4.69) is 13.0 Å². The van der Waals surface area contributed by atoms with Crippen molar-refractivity contribution < 1.29 is 4.74 Å². The van der Waals surface area contributed by atoms with Crippen molar-refractivity contribution >= 4 is 0 Å². The predicted molar refractivity (Wildman–Crippen MR) is 42.5 cm³/mol. The highest BCUT2D eigenvalue weighted by molar-refractivity contribution is 5.22. The summed E-state index contributed by atoms with van der Waals surface area (Å²) in [6, 6.07) is 0. The molecule has 0 aromatic carbocycles. The molecular weight excluding hydrogens is 124 g/mol. The smallest absolute Gasteiger partial charge is 0.102 e. The summed E-state index contributed by atoms with van der Waals surface area (Å²) in [6.45, 7) is 2.11. The number of rotatable bonds is 1. The molecule has 0 saturated heterocycles. The minimum atomic E-state index is 0.403. The highest BCUT2D eigenvalue weighted by atomic mass is 16.5. The predicted octanol–water partition coefficient (Wildman–Crippen LogP) is 2.28. The van der Waals surface area contributed by atoms with Gasteiger partial charge in [-0.1, -0.05) is 31.2 Å². The van der Waals surface area contributed by atoms with Gasteiger partial charge in [0.05, 0.1) is 7.11 Å². The van der Waals surface area contributed by atoms with Gasteiger partial charge < -0.3 is 4.74 Å². The van der Waals surface area contributed by atoms with Crippen LogP contribution in [0.25, 0.3) is 0 Å². The number of methoxy groups -OCH3 is 1. The van der Waals surface area contributed by atoms with Gasteiger partial charge in [0.1, 0.15) is 5.76 Å².